The Bertz CT molecular complexity index is 920. The van der Waals surface area contributed by atoms with Gasteiger partial charge in [0.2, 0.25) is 0 Å². The molecule has 1 N–H and O–H groups in total. The topological polar surface area (TPSA) is 52.2 Å². The quantitative estimate of drug-likeness (QED) is 0.776. The fraction of sp³-hybridized carbons (Fsp3) is 0.273. The number of aromatic amines is 1. The first-order chi connectivity index (χ1) is 13.1. The minimum atomic E-state index is 0.0180. The van der Waals surface area contributed by atoms with Crippen LogP contribution in [0.1, 0.15) is 21.6 Å². The van der Waals surface area contributed by atoms with Crippen LogP contribution in [0.25, 0.3) is 11.3 Å². The van der Waals surface area contributed by atoms with Crippen LogP contribution in [0.5, 0.6) is 0 Å². The van der Waals surface area contributed by atoms with Crippen molar-refractivity contribution in [3.8, 4) is 11.3 Å². The van der Waals surface area contributed by atoms with E-state index in [2.05, 4.69) is 65.3 Å². The molecule has 1 aromatic heterocycles. The van der Waals surface area contributed by atoms with Gasteiger partial charge < -0.3 is 9.80 Å². The molecular weight excluding hydrogens is 336 g/mol. The van der Waals surface area contributed by atoms with E-state index in [9.17, 15) is 4.79 Å². The third-order valence-corrected chi connectivity index (χ3v) is 5.12. The maximum absolute atomic E-state index is 12.8. The predicted molar refractivity (Wildman–Crippen MR) is 108 cm³/mol. The first kappa shape index (κ1) is 17.3. The number of nitrogens with zero attached hydrogens (tertiary/aromatic N) is 3. The van der Waals surface area contributed by atoms with E-state index < -0.39 is 0 Å². The zero-order valence-corrected chi connectivity index (χ0v) is 15.8. The fourth-order valence-corrected chi connectivity index (χ4v) is 3.40. The van der Waals surface area contributed by atoms with Gasteiger partial charge in [0.05, 0.1) is 5.69 Å². The number of aromatic nitrogens is 2. The van der Waals surface area contributed by atoms with Gasteiger partial charge in [-0.25, -0.2) is 0 Å². The van der Waals surface area contributed by atoms with E-state index in [0.29, 0.717) is 18.8 Å². The van der Waals surface area contributed by atoms with Crippen LogP contribution < -0.4 is 4.90 Å². The van der Waals surface area contributed by atoms with Gasteiger partial charge >= 0.3 is 0 Å². The van der Waals surface area contributed by atoms with Crippen LogP contribution in [0.2, 0.25) is 0 Å². The van der Waals surface area contributed by atoms with Crippen LogP contribution in [0.15, 0.2) is 54.6 Å². The summed E-state index contributed by atoms with van der Waals surface area (Å²) in [6, 6.07) is 18.6. The van der Waals surface area contributed by atoms with Crippen molar-refractivity contribution in [3.05, 3.63) is 71.4 Å². The van der Waals surface area contributed by atoms with Crippen LogP contribution in [0.4, 0.5) is 5.69 Å². The number of aryl methyl sites for hydroxylation is 2. The van der Waals surface area contributed by atoms with Crippen molar-refractivity contribution in [2.24, 2.45) is 0 Å². The van der Waals surface area contributed by atoms with Crippen molar-refractivity contribution in [1.29, 1.82) is 0 Å². The number of nitrogens with one attached hydrogen (secondary N) is 1. The molecule has 1 fully saturated rings. The third-order valence-electron chi connectivity index (χ3n) is 5.12. The van der Waals surface area contributed by atoms with Crippen molar-refractivity contribution >= 4 is 11.6 Å². The first-order valence-electron chi connectivity index (χ1n) is 9.33. The SMILES string of the molecule is Cc1ccc(-c2cc(C(=O)N3CCN(c4ccc(C)cc4)CC3)[nH]n2)cc1. The van der Waals surface area contributed by atoms with Gasteiger partial charge in [0.25, 0.3) is 5.91 Å². The molecule has 0 spiro atoms. The van der Waals surface area contributed by atoms with Crippen molar-refractivity contribution in [2.75, 3.05) is 31.1 Å². The summed E-state index contributed by atoms with van der Waals surface area (Å²) >= 11 is 0. The Morgan fingerprint density at radius 3 is 2.11 bits per heavy atom. The molecule has 0 bridgehead atoms. The number of hydrogen-bond donors (Lipinski definition) is 1. The molecule has 4 rings (SSSR count). The average molecular weight is 360 g/mol. The van der Waals surface area contributed by atoms with Gasteiger partial charge in [0, 0.05) is 37.4 Å². The molecule has 5 heteroatoms. The summed E-state index contributed by atoms with van der Waals surface area (Å²) in [4.78, 5) is 17.0. The lowest BCUT2D eigenvalue weighted by Crippen LogP contribution is -2.48. The molecule has 2 aromatic carbocycles. The Labute approximate surface area is 159 Å². The molecule has 2 heterocycles. The highest BCUT2D eigenvalue weighted by atomic mass is 16.2. The molecule has 1 saturated heterocycles. The van der Waals surface area contributed by atoms with E-state index in [1.807, 2.05) is 23.1 Å². The normalized spacial score (nSPS) is 14.4. The van der Waals surface area contributed by atoms with Crippen LogP contribution in [-0.4, -0.2) is 47.2 Å². The van der Waals surface area contributed by atoms with Gasteiger partial charge in [-0.05, 0) is 32.0 Å². The summed E-state index contributed by atoms with van der Waals surface area (Å²) in [5.41, 5.74) is 6.05. The molecule has 27 heavy (non-hydrogen) atoms. The summed E-state index contributed by atoms with van der Waals surface area (Å²) in [5, 5.41) is 7.23. The van der Waals surface area contributed by atoms with Gasteiger partial charge in [-0.1, -0.05) is 47.5 Å². The van der Waals surface area contributed by atoms with Gasteiger partial charge in [-0.15, -0.1) is 0 Å². The number of anilines is 1. The molecule has 3 aromatic rings. The van der Waals surface area contributed by atoms with Crippen molar-refractivity contribution in [1.82, 2.24) is 15.1 Å². The van der Waals surface area contributed by atoms with E-state index in [1.165, 1.54) is 16.8 Å². The van der Waals surface area contributed by atoms with Crippen LogP contribution >= 0.6 is 0 Å². The molecule has 1 aliphatic heterocycles. The minimum Gasteiger partial charge on any atom is -0.368 e. The molecule has 138 valence electrons. The number of piperazine rings is 1. The second-order valence-corrected chi connectivity index (χ2v) is 7.15. The molecule has 0 saturated carbocycles. The highest BCUT2D eigenvalue weighted by molar-refractivity contribution is 5.93. The zero-order chi connectivity index (χ0) is 18.8. The van der Waals surface area contributed by atoms with Crippen LogP contribution in [0, 0.1) is 13.8 Å². The van der Waals surface area contributed by atoms with Crippen molar-refractivity contribution in [2.45, 2.75) is 13.8 Å². The minimum absolute atomic E-state index is 0.0180. The molecule has 0 radical (unpaired) electrons. The van der Waals surface area contributed by atoms with Gasteiger partial charge in [0.1, 0.15) is 5.69 Å². The number of carbonyl (C=O) groups is 1. The molecule has 1 amide bonds. The summed E-state index contributed by atoms with van der Waals surface area (Å²) in [7, 11) is 0. The summed E-state index contributed by atoms with van der Waals surface area (Å²) in [5.74, 6) is 0.0180. The lowest BCUT2D eigenvalue weighted by Gasteiger charge is -2.36. The van der Waals surface area contributed by atoms with Crippen molar-refractivity contribution in [3.63, 3.8) is 0 Å². The summed E-state index contributed by atoms with van der Waals surface area (Å²) in [6.07, 6.45) is 0. The Hall–Kier alpha value is -3.08. The van der Waals surface area contributed by atoms with E-state index in [0.717, 1.165) is 24.3 Å². The molecule has 5 nitrogen and oxygen atoms in total. The van der Waals surface area contributed by atoms with Gasteiger partial charge in [0.15, 0.2) is 0 Å². The summed E-state index contributed by atoms with van der Waals surface area (Å²) in [6.45, 7) is 7.26. The maximum atomic E-state index is 12.8. The highest BCUT2D eigenvalue weighted by Crippen LogP contribution is 2.21. The number of H-pyrrole nitrogens is 1. The smallest absolute Gasteiger partial charge is 0.272 e. The summed E-state index contributed by atoms with van der Waals surface area (Å²) < 4.78 is 0. The highest BCUT2D eigenvalue weighted by Gasteiger charge is 2.23. The van der Waals surface area contributed by atoms with Gasteiger partial charge in [-0.3, -0.25) is 9.89 Å². The number of hydrogen-bond acceptors (Lipinski definition) is 3. The lowest BCUT2D eigenvalue weighted by atomic mass is 10.1. The van der Waals surface area contributed by atoms with E-state index >= 15 is 0 Å². The fourth-order valence-electron chi connectivity index (χ4n) is 3.40. The van der Waals surface area contributed by atoms with E-state index in [-0.39, 0.29) is 5.91 Å². The van der Waals surface area contributed by atoms with E-state index in [4.69, 9.17) is 0 Å². The monoisotopic (exact) mass is 360 g/mol. The van der Waals surface area contributed by atoms with Crippen molar-refractivity contribution < 1.29 is 4.79 Å². The van der Waals surface area contributed by atoms with Crippen LogP contribution in [0.3, 0.4) is 0 Å². The molecule has 1 aliphatic rings. The van der Waals surface area contributed by atoms with Gasteiger partial charge in [-0.2, -0.15) is 5.10 Å². The zero-order valence-electron chi connectivity index (χ0n) is 15.8. The molecular formula is C22H24N4O. The second-order valence-electron chi connectivity index (χ2n) is 7.15. The first-order valence-corrected chi connectivity index (χ1v) is 9.33. The average Bonchev–Trinajstić information content (AvgIpc) is 3.19. The number of rotatable bonds is 3. The Morgan fingerprint density at radius 2 is 1.48 bits per heavy atom. The molecule has 0 unspecified atom stereocenters. The Morgan fingerprint density at radius 1 is 0.889 bits per heavy atom. The maximum Gasteiger partial charge on any atom is 0.272 e. The van der Waals surface area contributed by atoms with Crippen LogP contribution in [-0.2, 0) is 0 Å². The second kappa shape index (κ2) is 7.27. The predicted octanol–water partition coefficient (Wildman–Crippen LogP) is 3.66. The lowest BCUT2D eigenvalue weighted by molar-refractivity contribution is 0.0741. The number of amides is 1. The standard InChI is InChI=1S/C22H24N4O/c1-16-3-7-18(8-4-16)20-15-21(24-23-20)22(27)26-13-11-25(12-14-26)19-9-5-17(2)6-10-19/h3-10,15H,11-14H2,1-2H3,(H,23,24). The number of benzene rings is 2. The Kier molecular flexibility index (Phi) is 4.67. The Balaban J connectivity index is 1.41. The third kappa shape index (κ3) is 3.72. The number of carbonyl (C=O) groups excluding carboxylic acids is 1. The molecule has 0 atom stereocenters. The van der Waals surface area contributed by atoms with E-state index in [1.54, 1.807) is 0 Å². The molecule has 0 aliphatic carbocycles. The largest absolute Gasteiger partial charge is 0.368 e.